The summed E-state index contributed by atoms with van der Waals surface area (Å²) in [6.07, 6.45) is 2.49. The highest BCUT2D eigenvalue weighted by Crippen LogP contribution is 2.47. The van der Waals surface area contributed by atoms with Crippen LogP contribution in [0.5, 0.6) is 11.5 Å². The molecule has 0 unspecified atom stereocenters. The Morgan fingerprint density at radius 3 is 2.72 bits per heavy atom. The van der Waals surface area contributed by atoms with E-state index in [1.807, 2.05) is 13.8 Å². The monoisotopic (exact) mass is 397 g/mol. The van der Waals surface area contributed by atoms with E-state index in [4.69, 9.17) is 9.47 Å². The number of benzene rings is 1. The van der Waals surface area contributed by atoms with Crippen LogP contribution >= 0.6 is 0 Å². The van der Waals surface area contributed by atoms with E-state index in [0.717, 1.165) is 5.70 Å². The second-order valence-corrected chi connectivity index (χ2v) is 8.13. The predicted octanol–water partition coefficient (Wildman–Crippen LogP) is 3.04. The lowest BCUT2D eigenvalue weighted by molar-refractivity contribution is -0.118. The molecule has 0 bridgehead atoms. The van der Waals surface area contributed by atoms with E-state index < -0.39 is 12.0 Å². The van der Waals surface area contributed by atoms with Crippen LogP contribution < -0.4 is 10.1 Å². The molecule has 0 saturated heterocycles. The number of aromatic hydroxyl groups is 1. The van der Waals surface area contributed by atoms with E-state index in [2.05, 4.69) is 10.4 Å². The molecule has 1 aliphatic heterocycles. The van der Waals surface area contributed by atoms with E-state index >= 15 is 0 Å². The number of nitrogens with one attached hydrogen (secondary N) is 1. The highest BCUT2D eigenvalue weighted by atomic mass is 16.5. The van der Waals surface area contributed by atoms with Gasteiger partial charge in [-0.15, -0.1) is 0 Å². The first-order valence-corrected chi connectivity index (χ1v) is 9.31. The maximum Gasteiger partial charge on any atom is 0.343 e. The van der Waals surface area contributed by atoms with Gasteiger partial charge < -0.3 is 19.9 Å². The molecule has 2 aliphatic rings. The van der Waals surface area contributed by atoms with Crippen molar-refractivity contribution in [3.05, 3.63) is 46.8 Å². The average molecular weight is 397 g/mol. The third-order valence-electron chi connectivity index (χ3n) is 5.43. The second-order valence-electron chi connectivity index (χ2n) is 8.13. The van der Waals surface area contributed by atoms with Crippen molar-refractivity contribution in [1.29, 1.82) is 0 Å². The number of allylic oxidation sites excluding steroid dienone is 2. The first kappa shape index (κ1) is 19.0. The zero-order valence-electron chi connectivity index (χ0n) is 16.8. The molecule has 152 valence electrons. The minimum Gasteiger partial charge on any atom is -0.504 e. The van der Waals surface area contributed by atoms with Crippen LogP contribution in [-0.2, 0) is 9.53 Å². The summed E-state index contributed by atoms with van der Waals surface area (Å²) in [7, 11) is 2.78. The van der Waals surface area contributed by atoms with Gasteiger partial charge >= 0.3 is 5.97 Å². The molecule has 2 N–H and O–H groups in total. The van der Waals surface area contributed by atoms with E-state index in [1.54, 1.807) is 22.9 Å². The zero-order valence-corrected chi connectivity index (χ0v) is 16.8. The SMILES string of the molecule is COC(=O)c1cnn2c1NC1=C(C(=O)CC(C)(C)C1)[C@H]2c1ccc(OC)c(O)c1. The number of fused-ring (bicyclic) bond motifs is 1. The fraction of sp³-hybridized carbons (Fsp3) is 0.381. The van der Waals surface area contributed by atoms with Gasteiger partial charge in [0.05, 0.1) is 20.4 Å². The Morgan fingerprint density at radius 1 is 1.31 bits per heavy atom. The molecule has 0 spiro atoms. The molecule has 1 atom stereocenters. The van der Waals surface area contributed by atoms with Gasteiger partial charge in [0.25, 0.3) is 0 Å². The molecule has 0 saturated carbocycles. The van der Waals surface area contributed by atoms with Crippen LogP contribution in [0, 0.1) is 5.41 Å². The molecule has 1 aliphatic carbocycles. The number of ether oxygens (including phenoxy) is 2. The summed E-state index contributed by atoms with van der Waals surface area (Å²) in [5, 5.41) is 17.9. The van der Waals surface area contributed by atoms with Gasteiger partial charge in [-0.1, -0.05) is 19.9 Å². The number of rotatable bonds is 3. The Bertz CT molecular complexity index is 1050. The standard InChI is InChI=1S/C21H23N3O5/c1-21(2)8-13-17(15(26)9-21)18(11-5-6-16(28-3)14(25)7-11)24-19(23-13)12(10-22-24)20(27)29-4/h5-7,10,18,23,25H,8-9H2,1-4H3/t18-/m1/s1. The maximum absolute atomic E-state index is 13.1. The number of methoxy groups -OCH3 is 2. The smallest absolute Gasteiger partial charge is 0.343 e. The van der Waals surface area contributed by atoms with Gasteiger partial charge in [-0.25, -0.2) is 9.48 Å². The van der Waals surface area contributed by atoms with Crippen molar-refractivity contribution in [2.24, 2.45) is 5.41 Å². The van der Waals surface area contributed by atoms with Crippen LogP contribution in [-0.4, -0.2) is 40.9 Å². The van der Waals surface area contributed by atoms with Gasteiger partial charge in [0, 0.05) is 17.7 Å². The predicted molar refractivity (Wildman–Crippen MR) is 105 cm³/mol. The average Bonchev–Trinajstić information content (AvgIpc) is 3.08. The van der Waals surface area contributed by atoms with Gasteiger partial charge in [0.1, 0.15) is 17.4 Å². The molecular formula is C21H23N3O5. The lowest BCUT2D eigenvalue weighted by atomic mass is 9.73. The number of hydrogen-bond donors (Lipinski definition) is 2. The van der Waals surface area contributed by atoms with E-state index in [-0.39, 0.29) is 22.5 Å². The fourth-order valence-corrected chi connectivity index (χ4v) is 4.16. The highest BCUT2D eigenvalue weighted by molar-refractivity contribution is 6.01. The van der Waals surface area contributed by atoms with Crippen LogP contribution in [0.15, 0.2) is 35.7 Å². The fourth-order valence-electron chi connectivity index (χ4n) is 4.16. The van der Waals surface area contributed by atoms with Crippen molar-refractivity contribution >= 4 is 17.6 Å². The molecule has 2 heterocycles. The number of Topliss-reactive ketones (excluding diaryl/α,β-unsaturated/α-hetero) is 1. The van der Waals surface area contributed by atoms with Crippen LogP contribution in [0.25, 0.3) is 0 Å². The number of carbonyl (C=O) groups excluding carboxylic acids is 2. The lowest BCUT2D eigenvalue weighted by Crippen LogP contribution is -2.36. The Morgan fingerprint density at radius 2 is 2.07 bits per heavy atom. The van der Waals surface area contributed by atoms with Gasteiger partial charge in [-0.05, 0) is 29.5 Å². The van der Waals surface area contributed by atoms with Gasteiger partial charge in [0.2, 0.25) is 0 Å². The third-order valence-corrected chi connectivity index (χ3v) is 5.43. The molecule has 4 rings (SSSR count). The molecule has 0 radical (unpaired) electrons. The topological polar surface area (TPSA) is 103 Å². The number of nitrogens with zero attached hydrogens (tertiary/aromatic N) is 2. The molecule has 2 aromatic rings. The third kappa shape index (κ3) is 3.04. The number of phenolic OH excluding ortho intramolecular Hbond substituents is 1. The first-order chi connectivity index (χ1) is 13.8. The molecule has 29 heavy (non-hydrogen) atoms. The summed E-state index contributed by atoms with van der Waals surface area (Å²) in [4.78, 5) is 25.3. The molecular weight excluding hydrogens is 374 g/mol. The van der Waals surface area contributed by atoms with E-state index in [9.17, 15) is 14.7 Å². The van der Waals surface area contributed by atoms with Crippen LogP contribution in [0.4, 0.5) is 5.82 Å². The molecule has 1 aromatic heterocycles. The minimum atomic E-state index is -0.569. The number of phenols is 1. The molecule has 1 aromatic carbocycles. The summed E-state index contributed by atoms with van der Waals surface area (Å²) in [5.41, 5.74) is 2.12. The summed E-state index contributed by atoms with van der Waals surface area (Å²) >= 11 is 0. The van der Waals surface area contributed by atoms with Gasteiger partial charge in [-0.3, -0.25) is 4.79 Å². The first-order valence-electron chi connectivity index (χ1n) is 9.31. The van der Waals surface area contributed by atoms with Gasteiger partial charge in [-0.2, -0.15) is 5.10 Å². The van der Waals surface area contributed by atoms with Crippen LogP contribution in [0.2, 0.25) is 0 Å². The lowest BCUT2D eigenvalue weighted by Gasteiger charge is -2.39. The Balaban J connectivity index is 1.92. The minimum absolute atomic E-state index is 0.0184. The Labute approximate surface area is 168 Å². The number of anilines is 1. The zero-order chi connectivity index (χ0) is 20.9. The normalized spacial score (nSPS) is 19.9. The van der Waals surface area contributed by atoms with Crippen molar-refractivity contribution < 1.29 is 24.2 Å². The number of aromatic nitrogens is 2. The highest BCUT2D eigenvalue weighted by Gasteiger charge is 2.42. The van der Waals surface area contributed by atoms with E-state index in [0.29, 0.717) is 35.5 Å². The van der Waals surface area contributed by atoms with E-state index in [1.165, 1.54) is 20.4 Å². The van der Waals surface area contributed by atoms with Crippen molar-refractivity contribution in [2.75, 3.05) is 19.5 Å². The summed E-state index contributed by atoms with van der Waals surface area (Å²) in [6.45, 7) is 4.08. The number of esters is 1. The van der Waals surface area contributed by atoms with Crippen molar-refractivity contribution in [3.63, 3.8) is 0 Å². The number of hydrogen-bond acceptors (Lipinski definition) is 7. The summed E-state index contributed by atoms with van der Waals surface area (Å²) in [5.74, 6) is 0.284. The van der Waals surface area contributed by atoms with Crippen LogP contribution in [0.3, 0.4) is 0 Å². The van der Waals surface area contributed by atoms with Crippen LogP contribution in [0.1, 0.15) is 48.7 Å². The number of ketones is 1. The summed E-state index contributed by atoms with van der Waals surface area (Å²) < 4.78 is 11.6. The largest absolute Gasteiger partial charge is 0.504 e. The Hall–Kier alpha value is -3.29. The number of carbonyl (C=O) groups is 2. The summed E-state index contributed by atoms with van der Waals surface area (Å²) in [6, 6.07) is 4.43. The molecule has 0 fully saturated rings. The van der Waals surface area contributed by atoms with Crippen molar-refractivity contribution in [2.45, 2.75) is 32.7 Å². The maximum atomic E-state index is 13.1. The molecule has 8 heteroatoms. The Kier molecular flexibility index (Phi) is 4.37. The molecule has 0 amide bonds. The second kappa shape index (κ2) is 6.65. The quantitative estimate of drug-likeness (QED) is 0.768. The van der Waals surface area contributed by atoms with Crippen molar-refractivity contribution in [1.82, 2.24) is 9.78 Å². The van der Waals surface area contributed by atoms with Gasteiger partial charge in [0.15, 0.2) is 17.3 Å². The molecule has 8 nitrogen and oxygen atoms in total. The van der Waals surface area contributed by atoms with Crippen molar-refractivity contribution in [3.8, 4) is 11.5 Å².